The molecule has 2 unspecified atom stereocenters. The van der Waals surface area contributed by atoms with E-state index in [1.165, 1.54) is 10.4 Å². The van der Waals surface area contributed by atoms with Crippen molar-refractivity contribution in [2.24, 2.45) is 0 Å². The number of alkyl halides is 1. The van der Waals surface area contributed by atoms with Gasteiger partial charge in [-0.1, -0.05) is 5.10 Å². The first-order valence-electron chi connectivity index (χ1n) is 5.97. The molecule has 4 nitrogen and oxygen atoms in total. The third-order valence-electron chi connectivity index (χ3n) is 3.29. The van der Waals surface area contributed by atoms with Gasteiger partial charge in [0, 0.05) is 11.4 Å². The van der Waals surface area contributed by atoms with Crippen molar-refractivity contribution >= 4 is 29.0 Å². The van der Waals surface area contributed by atoms with E-state index in [0.717, 1.165) is 13.0 Å². The predicted molar refractivity (Wildman–Crippen MR) is 72.4 cm³/mol. The van der Waals surface area contributed by atoms with Crippen LogP contribution in [0.5, 0.6) is 0 Å². The normalized spacial score (nSPS) is 20.8. The van der Waals surface area contributed by atoms with Gasteiger partial charge in [-0.3, -0.25) is 0 Å². The zero-order valence-corrected chi connectivity index (χ0v) is 11.8. The Morgan fingerprint density at radius 2 is 2.39 bits per heavy atom. The second-order valence-corrected chi connectivity index (χ2v) is 6.11. The Hall–Kier alpha value is -1.07. The van der Waals surface area contributed by atoms with E-state index >= 15 is 0 Å². The van der Waals surface area contributed by atoms with E-state index in [1.54, 1.807) is 0 Å². The summed E-state index contributed by atoms with van der Waals surface area (Å²) in [5, 5.41) is 9.97. The quantitative estimate of drug-likeness (QED) is 0.791. The molecule has 2 aromatic heterocycles. The molecular formula is C12H14ClN3OS. The summed E-state index contributed by atoms with van der Waals surface area (Å²) in [5.74, 6) is 0.481. The largest absolute Gasteiger partial charge is 0.406 e. The van der Waals surface area contributed by atoms with E-state index in [2.05, 4.69) is 33.5 Å². The first-order valence-corrected chi connectivity index (χ1v) is 7.29. The molecule has 0 amide bonds. The van der Waals surface area contributed by atoms with Crippen LogP contribution in [-0.2, 0) is 6.42 Å². The highest BCUT2D eigenvalue weighted by molar-refractivity contribution is 7.10. The molecule has 0 saturated carbocycles. The van der Waals surface area contributed by atoms with Gasteiger partial charge in [-0.25, -0.2) is 0 Å². The van der Waals surface area contributed by atoms with Crippen LogP contribution in [0.25, 0.3) is 0 Å². The maximum atomic E-state index is 5.94. The lowest BCUT2D eigenvalue weighted by atomic mass is 10.0. The number of anilines is 1. The van der Waals surface area contributed by atoms with Crippen LogP contribution in [-0.4, -0.2) is 16.7 Å². The van der Waals surface area contributed by atoms with Crippen LogP contribution in [0, 0.1) is 0 Å². The summed E-state index contributed by atoms with van der Waals surface area (Å²) in [5.41, 5.74) is 1.37. The van der Waals surface area contributed by atoms with Crippen molar-refractivity contribution in [3.63, 3.8) is 0 Å². The van der Waals surface area contributed by atoms with Crippen molar-refractivity contribution in [2.75, 3.05) is 11.4 Å². The summed E-state index contributed by atoms with van der Waals surface area (Å²) in [7, 11) is 0. The Morgan fingerprint density at radius 1 is 1.56 bits per heavy atom. The molecule has 0 aromatic carbocycles. The van der Waals surface area contributed by atoms with Crippen LogP contribution < -0.4 is 4.90 Å². The highest BCUT2D eigenvalue weighted by Gasteiger charge is 2.28. The van der Waals surface area contributed by atoms with Crippen molar-refractivity contribution in [1.82, 2.24) is 10.2 Å². The van der Waals surface area contributed by atoms with Gasteiger partial charge in [0.25, 0.3) is 0 Å². The maximum absolute atomic E-state index is 5.94. The minimum absolute atomic E-state index is 0.247. The summed E-state index contributed by atoms with van der Waals surface area (Å²) in [4.78, 5) is 3.61. The molecule has 6 heteroatoms. The standard InChI is InChI=1S/C12H14ClN3OS/c1-7(13)11-14-15-12(17-11)16-5-3-10-9(8(16)2)4-6-18-10/h4,6-8H,3,5H2,1-2H3. The second-order valence-electron chi connectivity index (χ2n) is 4.46. The number of thiophene rings is 1. The molecule has 0 radical (unpaired) electrons. The molecule has 3 rings (SSSR count). The molecular weight excluding hydrogens is 270 g/mol. The van der Waals surface area contributed by atoms with Crippen LogP contribution in [0.4, 0.5) is 6.01 Å². The smallest absolute Gasteiger partial charge is 0.318 e. The van der Waals surface area contributed by atoms with Gasteiger partial charge >= 0.3 is 6.01 Å². The molecule has 0 saturated heterocycles. The van der Waals surface area contributed by atoms with Gasteiger partial charge in [0.1, 0.15) is 5.38 Å². The molecule has 0 bridgehead atoms. The minimum Gasteiger partial charge on any atom is -0.406 e. The molecule has 96 valence electrons. The van der Waals surface area contributed by atoms with Gasteiger partial charge < -0.3 is 9.32 Å². The van der Waals surface area contributed by atoms with Gasteiger partial charge in [-0.2, -0.15) is 0 Å². The average molecular weight is 284 g/mol. The van der Waals surface area contributed by atoms with Crippen molar-refractivity contribution in [1.29, 1.82) is 0 Å². The molecule has 0 N–H and O–H groups in total. The summed E-state index contributed by atoms with van der Waals surface area (Å²) >= 11 is 7.76. The Bertz CT molecular complexity index is 551. The second kappa shape index (κ2) is 4.55. The third-order valence-corrected chi connectivity index (χ3v) is 4.48. The average Bonchev–Trinajstić information content (AvgIpc) is 2.97. The molecule has 0 aliphatic carbocycles. The van der Waals surface area contributed by atoms with E-state index < -0.39 is 0 Å². The number of fused-ring (bicyclic) bond motifs is 1. The van der Waals surface area contributed by atoms with Crippen LogP contribution in [0.3, 0.4) is 0 Å². The molecule has 0 spiro atoms. The first kappa shape index (κ1) is 12.0. The lowest BCUT2D eigenvalue weighted by Gasteiger charge is -2.31. The first-order chi connectivity index (χ1) is 8.66. The lowest BCUT2D eigenvalue weighted by Crippen LogP contribution is -2.33. The van der Waals surface area contributed by atoms with Gasteiger partial charge in [-0.15, -0.1) is 28.0 Å². The molecule has 18 heavy (non-hydrogen) atoms. The highest BCUT2D eigenvalue weighted by Crippen LogP contribution is 2.35. The zero-order chi connectivity index (χ0) is 12.7. The van der Waals surface area contributed by atoms with E-state index in [1.807, 2.05) is 18.3 Å². The summed E-state index contributed by atoms with van der Waals surface area (Å²) in [6, 6.07) is 3.03. The topological polar surface area (TPSA) is 42.2 Å². The Balaban J connectivity index is 1.89. The maximum Gasteiger partial charge on any atom is 0.318 e. The summed E-state index contributed by atoms with van der Waals surface area (Å²) < 4.78 is 5.62. The van der Waals surface area contributed by atoms with Crippen molar-refractivity contribution < 1.29 is 4.42 Å². The van der Waals surface area contributed by atoms with E-state index in [9.17, 15) is 0 Å². The number of hydrogen-bond acceptors (Lipinski definition) is 5. The molecule has 2 atom stereocenters. The highest BCUT2D eigenvalue weighted by atomic mass is 35.5. The zero-order valence-electron chi connectivity index (χ0n) is 10.3. The summed E-state index contributed by atoms with van der Waals surface area (Å²) in [6.45, 7) is 4.90. The van der Waals surface area contributed by atoms with Gasteiger partial charge in [0.2, 0.25) is 5.89 Å². The van der Waals surface area contributed by atoms with E-state index in [-0.39, 0.29) is 11.4 Å². The third kappa shape index (κ3) is 1.91. The molecule has 1 aliphatic heterocycles. The summed E-state index contributed by atoms with van der Waals surface area (Å²) in [6.07, 6.45) is 1.03. The molecule has 2 aromatic rings. The monoisotopic (exact) mass is 283 g/mol. The minimum atomic E-state index is -0.247. The molecule has 0 fully saturated rings. The van der Waals surface area contributed by atoms with Crippen LogP contribution in [0.2, 0.25) is 0 Å². The Morgan fingerprint density at radius 3 is 3.11 bits per heavy atom. The Kier molecular flexibility index (Phi) is 3.03. The Labute approximate surface area is 115 Å². The predicted octanol–water partition coefficient (Wildman–Crippen LogP) is 3.55. The molecule has 1 aliphatic rings. The van der Waals surface area contributed by atoms with Gasteiger partial charge in [0.05, 0.1) is 6.04 Å². The molecule has 3 heterocycles. The van der Waals surface area contributed by atoms with Crippen molar-refractivity contribution in [3.8, 4) is 0 Å². The number of halogens is 1. The number of aromatic nitrogens is 2. The fourth-order valence-corrected chi connectivity index (χ4v) is 3.32. The van der Waals surface area contributed by atoms with Gasteiger partial charge in [-0.05, 0) is 37.3 Å². The number of hydrogen-bond donors (Lipinski definition) is 0. The number of nitrogens with zero attached hydrogens (tertiary/aromatic N) is 3. The van der Waals surface area contributed by atoms with Gasteiger partial charge in [0.15, 0.2) is 0 Å². The van der Waals surface area contributed by atoms with E-state index in [4.69, 9.17) is 16.0 Å². The fourth-order valence-electron chi connectivity index (χ4n) is 2.27. The fraction of sp³-hybridized carbons (Fsp3) is 0.500. The van der Waals surface area contributed by atoms with Crippen LogP contribution >= 0.6 is 22.9 Å². The number of rotatable bonds is 2. The lowest BCUT2D eigenvalue weighted by molar-refractivity contribution is 0.463. The van der Waals surface area contributed by atoms with E-state index in [0.29, 0.717) is 11.9 Å². The van der Waals surface area contributed by atoms with Crippen LogP contribution in [0.15, 0.2) is 15.9 Å². The van der Waals surface area contributed by atoms with Crippen molar-refractivity contribution in [2.45, 2.75) is 31.7 Å². The van der Waals surface area contributed by atoms with Crippen LogP contribution in [0.1, 0.15) is 41.6 Å². The SMILES string of the molecule is CC(Cl)c1nnc(N2CCc3sccc3C2C)o1. The van der Waals surface area contributed by atoms with Crippen molar-refractivity contribution in [3.05, 3.63) is 27.8 Å².